The monoisotopic (exact) mass is 289 g/mol. The number of aliphatic carboxylic acids is 1. The number of hydrogen-bond donors (Lipinski definition) is 2. The van der Waals surface area contributed by atoms with E-state index >= 15 is 0 Å². The first kappa shape index (κ1) is 14.3. The van der Waals surface area contributed by atoms with Crippen LogP contribution in [0.4, 0.5) is 5.69 Å². The summed E-state index contributed by atoms with van der Waals surface area (Å²) >= 11 is 0. The molecule has 114 valence electrons. The number of aromatic nitrogens is 1. The van der Waals surface area contributed by atoms with Crippen LogP contribution in [0, 0.1) is 12.8 Å². The predicted octanol–water partition coefficient (Wildman–Crippen LogP) is 2.13. The average molecular weight is 289 g/mol. The Balaban J connectivity index is 1.49. The van der Waals surface area contributed by atoms with Crippen molar-refractivity contribution in [1.82, 2.24) is 9.88 Å². The maximum Gasteiger partial charge on any atom is 0.317 e. The van der Waals surface area contributed by atoms with E-state index in [2.05, 4.69) is 15.2 Å². The number of hydrogen-bond acceptors (Lipinski definition) is 4. The molecule has 1 heterocycles. The molecule has 0 atom stereocenters. The normalized spacial score (nSPS) is 24.7. The number of pyridine rings is 1. The number of rotatable bonds is 7. The van der Waals surface area contributed by atoms with Crippen molar-refractivity contribution in [3.63, 3.8) is 0 Å². The Labute approximate surface area is 125 Å². The number of nitrogens with zero attached hydrogens (tertiary/aromatic N) is 2. The summed E-state index contributed by atoms with van der Waals surface area (Å²) in [6.45, 7) is 3.12. The molecule has 0 unspecified atom stereocenters. The fraction of sp³-hybridized carbons (Fsp3) is 0.625. The largest absolute Gasteiger partial charge is 0.480 e. The van der Waals surface area contributed by atoms with Gasteiger partial charge in [0, 0.05) is 36.2 Å². The average Bonchev–Trinajstić information content (AvgIpc) is 3.16. The van der Waals surface area contributed by atoms with Crippen molar-refractivity contribution in [2.75, 3.05) is 18.4 Å². The van der Waals surface area contributed by atoms with Crippen molar-refractivity contribution in [2.24, 2.45) is 5.92 Å². The molecule has 2 aliphatic carbocycles. The molecule has 2 aliphatic rings. The second kappa shape index (κ2) is 6.02. The smallest absolute Gasteiger partial charge is 0.317 e. The van der Waals surface area contributed by atoms with E-state index in [0.717, 1.165) is 36.7 Å². The number of carbonyl (C=O) groups is 1. The molecule has 3 rings (SSSR count). The molecule has 1 aromatic rings. The van der Waals surface area contributed by atoms with Gasteiger partial charge in [0.05, 0.1) is 6.54 Å². The zero-order valence-electron chi connectivity index (χ0n) is 12.5. The molecular weight excluding hydrogens is 266 g/mol. The van der Waals surface area contributed by atoms with E-state index in [0.29, 0.717) is 12.1 Å². The van der Waals surface area contributed by atoms with Crippen molar-refractivity contribution in [2.45, 2.75) is 44.7 Å². The van der Waals surface area contributed by atoms with Gasteiger partial charge in [0.1, 0.15) is 0 Å². The Morgan fingerprint density at radius 1 is 1.48 bits per heavy atom. The zero-order valence-corrected chi connectivity index (χ0v) is 12.5. The van der Waals surface area contributed by atoms with Crippen LogP contribution in [0.2, 0.25) is 0 Å². The second-order valence-corrected chi connectivity index (χ2v) is 6.42. The number of anilines is 1. The number of nitrogens with one attached hydrogen (secondary N) is 1. The highest BCUT2D eigenvalue weighted by molar-refractivity contribution is 5.69. The zero-order chi connectivity index (χ0) is 14.8. The Morgan fingerprint density at radius 3 is 2.86 bits per heavy atom. The summed E-state index contributed by atoms with van der Waals surface area (Å²) in [5, 5.41) is 12.6. The third-order valence-electron chi connectivity index (χ3n) is 4.43. The molecule has 0 amide bonds. The maximum absolute atomic E-state index is 11.0. The summed E-state index contributed by atoms with van der Waals surface area (Å²) in [4.78, 5) is 17.4. The lowest BCUT2D eigenvalue weighted by atomic mass is 9.85. The first-order valence-corrected chi connectivity index (χ1v) is 7.75. The lowest BCUT2D eigenvalue weighted by Crippen LogP contribution is -2.52. The molecule has 0 spiro atoms. The van der Waals surface area contributed by atoms with Crippen molar-refractivity contribution in [1.29, 1.82) is 0 Å². The van der Waals surface area contributed by atoms with Crippen molar-refractivity contribution >= 4 is 11.7 Å². The standard InChI is InChI=1S/C16H23N3O2/c1-11-6-13(4-5-17-11)18-14-7-15(8-14)19(10-16(20)21)9-12-2-3-12/h4-6,12,14-15H,2-3,7-10H2,1H3,(H,17,18)(H,20,21). The number of carboxylic acids is 1. The highest BCUT2D eigenvalue weighted by Gasteiger charge is 2.37. The van der Waals surface area contributed by atoms with Crippen LogP contribution in [0.3, 0.4) is 0 Å². The molecule has 0 radical (unpaired) electrons. The van der Waals surface area contributed by atoms with E-state index in [1.54, 1.807) is 0 Å². The fourth-order valence-electron chi connectivity index (χ4n) is 3.02. The van der Waals surface area contributed by atoms with E-state index in [4.69, 9.17) is 5.11 Å². The first-order valence-electron chi connectivity index (χ1n) is 7.75. The van der Waals surface area contributed by atoms with Crippen molar-refractivity contribution in [3.05, 3.63) is 24.0 Å². The van der Waals surface area contributed by atoms with Crippen LogP contribution in [-0.4, -0.2) is 46.1 Å². The van der Waals surface area contributed by atoms with Gasteiger partial charge in [0.2, 0.25) is 0 Å². The molecule has 0 saturated heterocycles. The van der Waals surface area contributed by atoms with E-state index in [9.17, 15) is 4.79 Å². The molecule has 2 fully saturated rings. The Morgan fingerprint density at radius 2 is 2.24 bits per heavy atom. The molecule has 2 saturated carbocycles. The maximum atomic E-state index is 11.0. The molecule has 5 heteroatoms. The molecule has 0 aliphatic heterocycles. The summed E-state index contributed by atoms with van der Waals surface area (Å²) in [5.41, 5.74) is 2.12. The summed E-state index contributed by atoms with van der Waals surface area (Å²) < 4.78 is 0. The summed E-state index contributed by atoms with van der Waals surface area (Å²) in [6.07, 6.45) is 6.40. The van der Waals surface area contributed by atoms with E-state index in [-0.39, 0.29) is 6.54 Å². The van der Waals surface area contributed by atoms with Gasteiger partial charge in [-0.1, -0.05) is 0 Å². The summed E-state index contributed by atoms with van der Waals surface area (Å²) in [7, 11) is 0. The predicted molar refractivity (Wildman–Crippen MR) is 81.3 cm³/mol. The van der Waals surface area contributed by atoms with Crippen molar-refractivity contribution in [3.8, 4) is 0 Å². The SMILES string of the molecule is Cc1cc(NC2CC(N(CC(=O)O)CC3CC3)C2)ccn1. The minimum absolute atomic E-state index is 0.183. The third-order valence-corrected chi connectivity index (χ3v) is 4.43. The molecule has 1 aromatic heterocycles. The minimum Gasteiger partial charge on any atom is -0.480 e. The lowest BCUT2D eigenvalue weighted by molar-refractivity contribution is -0.139. The van der Waals surface area contributed by atoms with Gasteiger partial charge in [0.25, 0.3) is 0 Å². The Bertz CT molecular complexity index is 510. The van der Waals surface area contributed by atoms with Gasteiger partial charge in [-0.25, -0.2) is 0 Å². The van der Waals surface area contributed by atoms with Gasteiger partial charge in [-0.15, -0.1) is 0 Å². The van der Waals surface area contributed by atoms with Gasteiger partial charge in [-0.3, -0.25) is 14.7 Å². The third kappa shape index (κ3) is 3.94. The highest BCUT2D eigenvalue weighted by Crippen LogP contribution is 2.34. The first-order chi connectivity index (χ1) is 10.1. The van der Waals surface area contributed by atoms with Gasteiger partial charge in [0.15, 0.2) is 0 Å². The van der Waals surface area contributed by atoms with Crippen LogP contribution in [0.1, 0.15) is 31.4 Å². The molecule has 5 nitrogen and oxygen atoms in total. The van der Waals surface area contributed by atoms with E-state index < -0.39 is 5.97 Å². The van der Waals surface area contributed by atoms with Crippen molar-refractivity contribution < 1.29 is 9.90 Å². The van der Waals surface area contributed by atoms with Gasteiger partial charge in [-0.05, 0) is 50.7 Å². The van der Waals surface area contributed by atoms with Gasteiger partial charge < -0.3 is 10.4 Å². The number of aryl methyl sites for hydroxylation is 1. The Kier molecular flexibility index (Phi) is 4.10. The van der Waals surface area contributed by atoms with Crippen LogP contribution in [0.5, 0.6) is 0 Å². The molecule has 0 bridgehead atoms. The summed E-state index contributed by atoms with van der Waals surface area (Å²) in [5.74, 6) is 0.0241. The van der Waals surface area contributed by atoms with E-state index in [1.165, 1.54) is 12.8 Å². The Hall–Kier alpha value is -1.62. The van der Waals surface area contributed by atoms with Gasteiger partial charge >= 0.3 is 5.97 Å². The second-order valence-electron chi connectivity index (χ2n) is 6.42. The minimum atomic E-state index is -0.711. The number of carboxylic acid groups (broad SMARTS) is 1. The van der Waals surface area contributed by atoms with Crippen LogP contribution < -0.4 is 5.32 Å². The van der Waals surface area contributed by atoms with Gasteiger partial charge in [-0.2, -0.15) is 0 Å². The highest BCUT2D eigenvalue weighted by atomic mass is 16.4. The van der Waals surface area contributed by atoms with E-state index in [1.807, 2.05) is 25.3 Å². The lowest BCUT2D eigenvalue weighted by Gasteiger charge is -2.43. The summed E-state index contributed by atoms with van der Waals surface area (Å²) in [6, 6.07) is 4.90. The molecular formula is C16H23N3O2. The van der Waals surface area contributed by atoms with Crippen LogP contribution in [0.25, 0.3) is 0 Å². The quantitative estimate of drug-likeness (QED) is 0.805. The molecule has 21 heavy (non-hydrogen) atoms. The van der Waals surface area contributed by atoms with Crippen LogP contribution in [-0.2, 0) is 4.79 Å². The fourth-order valence-corrected chi connectivity index (χ4v) is 3.02. The van der Waals surface area contributed by atoms with Crippen LogP contribution in [0.15, 0.2) is 18.3 Å². The van der Waals surface area contributed by atoms with Crippen LogP contribution >= 0.6 is 0 Å². The topological polar surface area (TPSA) is 65.5 Å². The molecule has 2 N–H and O–H groups in total. The molecule has 0 aromatic carbocycles.